The van der Waals surface area contributed by atoms with Gasteiger partial charge in [-0.3, -0.25) is 14.4 Å². The smallest absolute Gasteiger partial charge is 0.325 e. The molecule has 0 aliphatic rings. The van der Waals surface area contributed by atoms with Crippen molar-refractivity contribution in [2.75, 3.05) is 19.7 Å². The van der Waals surface area contributed by atoms with Crippen molar-refractivity contribution in [2.45, 2.75) is 0 Å². The van der Waals surface area contributed by atoms with Gasteiger partial charge < -0.3 is 15.4 Å². The van der Waals surface area contributed by atoms with Crippen molar-refractivity contribution in [3.05, 3.63) is 47.5 Å². The minimum Gasteiger partial charge on any atom is -0.454 e. The summed E-state index contributed by atoms with van der Waals surface area (Å²) < 4.78 is 4.69. The van der Waals surface area contributed by atoms with E-state index in [1.807, 2.05) is 0 Å². The summed E-state index contributed by atoms with van der Waals surface area (Å²) in [5.41, 5.74) is 0.371. The highest BCUT2D eigenvalue weighted by Crippen LogP contribution is 2.09. The average molecular weight is 311 g/mol. The highest BCUT2D eigenvalue weighted by atomic mass is 35.5. The number of carbonyl (C=O) groups is 3. The highest BCUT2D eigenvalue weighted by molar-refractivity contribution is 6.30. The van der Waals surface area contributed by atoms with Gasteiger partial charge >= 0.3 is 5.97 Å². The molecule has 1 aromatic carbocycles. The Balaban J connectivity index is 2.29. The summed E-state index contributed by atoms with van der Waals surface area (Å²) >= 11 is 5.70. The predicted octanol–water partition coefficient (Wildman–Crippen LogP) is 0.915. The van der Waals surface area contributed by atoms with Gasteiger partial charge in [-0.1, -0.05) is 17.7 Å². The molecule has 0 saturated heterocycles. The number of rotatable bonds is 7. The van der Waals surface area contributed by atoms with Crippen LogP contribution in [0.4, 0.5) is 0 Å². The number of nitrogens with one attached hydrogen (secondary N) is 2. The molecule has 2 amide bonds. The van der Waals surface area contributed by atoms with Gasteiger partial charge in [0, 0.05) is 17.1 Å². The minimum absolute atomic E-state index is 0.295. The molecule has 0 fully saturated rings. The molecule has 1 rings (SSSR count). The summed E-state index contributed by atoms with van der Waals surface area (Å²) in [6.45, 7) is 3.01. The van der Waals surface area contributed by atoms with E-state index in [0.717, 1.165) is 0 Å². The summed E-state index contributed by atoms with van der Waals surface area (Å²) in [5.74, 6) is -1.57. The molecule has 0 aliphatic heterocycles. The standard InChI is InChI=1S/C14H15ClN2O4/c1-2-7-16-12(18)9-21-13(19)8-17-14(20)10-3-5-11(15)6-4-10/h2-6H,1,7-9H2,(H,16,18)(H,17,20). The van der Waals surface area contributed by atoms with Crippen LogP contribution in [-0.4, -0.2) is 37.5 Å². The molecular weight excluding hydrogens is 296 g/mol. The number of hydrogen-bond donors (Lipinski definition) is 2. The van der Waals surface area contributed by atoms with E-state index in [1.165, 1.54) is 18.2 Å². The second-order valence-electron chi connectivity index (χ2n) is 3.94. The minimum atomic E-state index is -0.703. The van der Waals surface area contributed by atoms with Gasteiger partial charge in [-0.05, 0) is 24.3 Å². The van der Waals surface area contributed by atoms with Crippen LogP contribution in [-0.2, 0) is 14.3 Å². The van der Waals surface area contributed by atoms with Gasteiger partial charge in [-0.25, -0.2) is 0 Å². The Morgan fingerprint density at radius 3 is 2.48 bits per heavy atom. The summed E-state index contributed by atoms with van der Waals surface area (Å²) in [7, 11) is 0. The fourth-order valence-corrected chi connectivity index (χ4v) is 1.42. The van der Waals surface area contributed by atoms with Gasteiger partial charge in [0.2, 0.25) is 0 Å². The number of amides is 2. The van der Waals surface area contributed by atoms with Crippen LogP contribution in [0.15, 0.2) is 36.9 Å². The van der Waals surface area contributed by atoms with Crippen molar-refractivity contribution < 1.29 is 19.1 Å². The molecule has 0 atom stereocenters. The molecule has 0 unspecified atom stereocenters. The van der Waals surface area contributed by atoms with Crippen molar-refractivity contribution >= 4 is 29.4 Å². The number of esters is 1. The summed E-state index contributed by atoms with van der Waals surface area (Å²) in [6, 6.07) is 6.20. The van der Waals surface area contributed by atoms with E-state index < -0.39 is 24.4 Å². The first-order valence-electron chi connectivity index (χ1n) is 6.10. The summed E-state index contributed by atoms with van der Waals surface area (Å²) in [6.07, 6.45) is 1.51. The van der Waals surface area contributed by atoms with Gasteiger partial charge in [-0.15, -0.1) is 6.58 Å². The molecule has 0 saturated carbocycles. The van der Waals surface area contributed by atoms with Crippen LogP contribution in [0, 0.1) is 0 Å². The highest BCUT2D eigenvalue weighted by Gasteiger charge is 2.10. The molecule has 0 aliphatic carbocycles. The number of ether oxygens (including phenoxy) is 1. The van der Waals surface area contributed by atoms with Crippen molar-refractivity contribution in [1.29, 1.82) is 0 Å². The van der Waals surface area contributed by atoms with E-state index in [9.17, 15) is 14.4 Å². The zero-order valence-electron chi connectivity index (χ0n) is 11.2. The Hall–Kier alpha value is -2.34. The topological polar surface area (TPSA) is 84.5 Å². The first kappa shape index (κ1) is 16.7. The van der Waals surface area contributed by atoms with Gasteiger partial charge in [0.05, 0.1) is 0 Å². The SMILES string of the molecule is C=CCNC(=O)COC(=O)CNC(=O)c1ccc(Cl)cc1. The van der Waals surface area contributed by atoms with E-state index in [0.29, 0.717) is 17.1 Å². The van der Waals surface area contributed by atoms with Crippen LogP contribution in [0.2, 0.25) is 5.02 Å². The van der Waals surface area contributed by atoms with Crippen LogP contribution in [0.5, 0.6) is 0 Å². The monoisotopic (exact) mass is 310 g/mol. The van der Waals surface area contributed by atoms with E-state index in [1.54, 1.807) is 12.1 Å². The third kappa shape index (κ3) is 6.58. The third-order valence-electron chi connectivity index (χ3n) is 2.31. The quantitative estimate of drug-likeness (QED) is 0.579. The molecule has 2 N–H and O–H groups in total. The van der Waals surface area contributed by atoms with Gasteiger partial charge in [0.15, 0.2) is 6.61 Å². The van der Waals surface area contributed by atoms with Crippen molar-refractivity contribution in [3.63, 3.8) is 0 Å². The molecule has 1 aromatic rings. The second-order valence-corrected chi connectivity index (χ2v) is 4.38. The third-order valence-corrected chi connectivity index (χ3v) is 2.56. The molecule has 0 heterocycles. The average Bonchev–Trinajstić information content (AvgIpc) is 2.49. The van der Waals surface area contributed by atoms with Crippen LogP contribution < -0.4 is 10.6 Å². The van der Waals surface area contributed by atoms with Crippen LogP contribution in [0.25, 0.3) is 0 Å². The molecule has 0 spiro atoms. The fraction of sp³-hybridized carbons (Fsp3) is 0.214. The number of benzene rings is 1. The van der Waals surface area contributed by atoms with Gasteiger partial charge in [-0.2, -0.15) is 0 Å². The maximum atomic E-state index is 11.7. The Bertz CT molecular complexity index is 528. The first-order valence-corrected chi connectivity index (χ1v) is 6.47. The first-order chi connectivity index (χ1) is 10.0. The van der Waals surface area contributed by atoms with E-state index >= 15 is 0 Å². The predicted molar refractivity (Wildman–Crippen MR) is 78.0 cm³/mol. The molecule has 0 radical (unpaired) electrons. The lowest BCUT2D eigenvalue weighted by atomic mass is 10.2. The van der Waals surface area contributed by atoms with Crippen LogP contribution in [0.3, 0.4) is 0 Å². The van der Waals surface area contributed by atoms with Crippen molar-refractivity contribution in [3.8, 4) is 0 Å². The van der Waals surface area contributed by atoms with Gasteiger partial charge in [0.1, 0.15) is 6.54 Å². The van der Waals surface area contributed by atoms with E-state index in [2.05, 4.69) is 21.9 Å². The molecule has 21 heavy (non-hydrogen) atoms. The Morgan fingerprint density at radius 2 is 1.86 bits per heavy atom. The summed E-state index contributed by atoms with van der Waals surface area (Å²) in [5, 5.41) is 5.34. The Labute approximate surface area is 127 Å². The lowest BCUT2D eigenvalue weighted by Gasteiger charge is -2.06. The fourth-order valence-electron chi connectivity index (χ4n) is 1.29. The van der Waals surface area contributed by atoms with Crippen molar-refractivity contribution in [1.82, 2.24) is 10.6 Å². The Morgan fingerprint density at radius 1 is 1.19 bits per heavy atom. The van der Waals surface area contributed by atoms with E-state index in [4.69, 9.17) is 11.6 Å². The molecule has 0 aromatic heterocycles. The zero-order chi connectivity index (χ0) is 15.7. The van der Waals surface area contributed by atoms with E-state index in [-0.39, 0.29) is 6.54 Å². The van der Waals surface area contributed by atoms with Crippen LogP contribution in [0.1, 0.15) is 10.4 Å². The largest absolute Gasteiger partial charge is 0.454 e. The Kier molecular flexibility index (Phi) is 6.97. The normalized spacial score (nSPS) is 9.57. The lowest BCUT2D eigenvalue weighted by molar-refractivity contribution is -0.147. The number of carbonyl (C=O) groups excluding carboxylic acids is 3. The van der Waals surface area contributed by atoms with Crippen LogP contribution >= 0.6 is 11.6 Å². The molecular formula is C14H15ClN2O4. The maximum absolute atomic E-state index is 11.7. The van der Waals surface area contributed by atoms with Gasteiger partial charge in [0.25, 0.3) is 11.8 Å². The summed E-state index contributed by atoms with van der Waals surface area (Å²) in [4.78, 5) is 34.2. The molecule has 6 nitrogen and oxygen atoms in total. The molecule has 112 valence electrons. The number of hydrogen-bond acceptors (Lipinski definition) is 4. The zero-order valence-corrected chi connectivity index (χ0v) is 12.0. The second kappa shape index (κ2) is 8.76. The maximum Gasteiger partial charge on any atom is 0.325 e. The molecule has 7 heteroatoms. The number of halogens is 1. The van der Waals surface area contributed by atoms with Crippen molar-refractivity contribution in [2.24, 2.45) is 0 Å². The lowest BCUT2D eigenvalue weighted by Crippen LogP contribution is -2.34. The molecule has 0 bridgehead atoms.